The van der Waals surface area contributed by atoms with E-state index in [0.717, 1.165) is 12.8 Å². The summed E-state index contributed by atoms with van der Waals surface area (Å²) in [5.41, 5.74) is 0. The molecular formula is C6H10O2. The van der Waals surface area contributed by atoms with Crippen molar-refractivity contribution in [3.63, 3.8) is 0 Å². The number of rotatable bonds is 1. The molecule has 0 aromatic rings. The lowest BCUT2D eigenvalue weighted by Gasteiger charge is -2.03. The van der Waals surface area contributed by atoms with Gasteiger partial charge in [0.25, 0.3) is 0 Å². The van der Waals surface area contributed by atoms with Crippen LogP contribution in [0.3, 0.4) is 0 Å². The second kappa shape index (κ2) is 1.45. The molecule has 2 aliphatic rings. The molecule has 1 unspecified atom stereocenters. The Balaban J connectivity index is 1.89. The first-order chi connectivity index (χ1) is 3.90. The minimum absolute atomic E-state index is 0.358. The maximum absolute atomic E-state index is 8.65. The average Bonchev–Trinajstić information content (AvgIpc) is 2.40. The molecule has 0 amide bonds. The summed E-state index contributed by atoms with van der Waals surface area (Å²) >= 11 is 0. The molecule has 2 rings (SSSR count). The highest BCUT2D eigenvalue weighted by atomic mass is 16.6. The van der Waals surface area contributed by atoms with Crippen LogP contribution in [0.25, 0.3) is 0 Å². The van der Waals surface area contributed by atoms with Crippen LogP contribution in [0.15, 0.2) is 0 Å². The number of fused-ring (bicyclic) bond motifs is 1. The Morgan fingerprint density at radius 2 is 2.00 bits per heavy atom. The second-order valence-corrected chi connectivity index (χ2v) is 2.73. The van der Waals surface area contributed by atoms with E-state index >= 15 is 0 Å². The van der Waals surface area contributed by atoms with Gasteiger partial charge in [-0.05, 0) is 18.8 Å². The molecule has 0 aromatic heterocycles. The summed E-state index contributed by atoms with van der Waals surface area (Å²) in [6, 6.07) is 0. The van der Waals surface area contributed by atoms with Gasteiger partial charge in [0.15, 0.2) is 0 Å². The molecule has 1 heterocycles. The van der Waals surface area contributed by atoms with Crippen molar-refractivity contribution in [2.45, 2.75) is 25.0 Å². The van der Waals surface area contributed by atoms with Crippen LogP contribution in [0.1, 0.15) is 12.8 Å². The van der Waals surface area contributed by atoms with E-state index in [0.29, 0.717) is 24.7 Å². The smallest absolute Gasteiger partial charge is 0.0845 e. The summed E-state index contributed by atoms with van der Waals surface area (Å²) in [4.78, 5) is 0. The Labute approximate surface area is 48.5 Å². The van der Waals surface area contributed by atoms with Gasteiger partial charge in [0.2, 0.25) is 0 Å². The van der Waals surface area contributed by atoms with Gasteiger partial charge >= 0.3 is 0 Å². The fourth-order valence-corrected chi connectivity index (χ4v) is 1.50. The molecular weight excluding hydrogens is 104 g/mol. The third-order valence-electron chi connectivity index (χ3n) is 2.08. The van der Waals surface area contributed by atoms with Gasteiger partial charge in [-0.2, -0.15) is 0 Å². The monoisotopic (exact) mass is 114 g/mol. The highest BCUT2D eigenvalue weighted by molar-refractivity contribution is 4.95. The zero-order valence-corrected chi connectivity index (χ0v) is 4.71. The lowest BCUT2D eigenvalue weighted by atomic mass is 10.1. The third-order valence-corrected chi connectivity index (χ3v) is 2.08. The average molecular weight is 114 g/mol. The molecule has 0 radical (unpaired) electrons. The number of hydrogen-bond donors (Lipinski definition) is 1. The maximum Gasteiger partial charge on any atom is 0.0845 e. The largest absolute Gasteiger partial charge is 0.396 e. The van der Waals surface area contributed by atoms with Gasteiger partial charge in [-0.15, -0.1) is 0 Å². The Bertz CT molecular complexity index is 92.7. The molecule has 0 aromatic carbocycles. The predicted octanol–water partition coefficient (Wildman–Crippen LogP) is 0.156. The Kier molecular flexibility index (Phi) is 0.866. The van der Waals surface area contributed by atoms with Crippen LogP contribution in [0.2, 0.25) is 0 Å². The molecule has 2 nitrogen and oxygen atoms in total. The molecule has 0 spiro atoms. The molecule has 3 atom stereocenters. The first kappa shape index (κ1) is 4.77. The van der Waals surface area contributed by atoms with Crippen molar-refractivity contribution in [3.05, 3.63) is 0 Å². The third kappa shape index (κ3) is 0.565. The van der Waals surface area contributed by atoms with Crippen LogP contribution in [0, 0.1) is 5.92 Å². The first-order valence-corrected chi connectivity index (χ1v) is 3.16. The minimum Gasteiger partial charge on any atom is -0.396 e. The van der Waals surface area contributed by atoms with Gasteiger partial charge in [0, 0.05) is 6.61 Å². The molecule has 2 heteroatoms. The van der Waals surface area contributed by atoms with E-state index in [1.165, 1.54) is 0 Å². The molecule has 1 saturated heterocycles. The zero-order valence-electron chi connectivity index (χ0n) is 4.71. The molecule has 2 fully saturated rings. The van der Waals surface area contributed by atoms with Crippen LogP contribution >= 0.6 is 0 Å². The van der Waals surface area contributed by atoms with E-state index in [4.69, 9.17) is 9.84 Å². The molecule has 1 N–H and O–H groups in total. The van der Waals surface area contributed by atoms with Crippen LogP contribution < -0.4 is 0 Å². The van der Waals surface area contributed by atoms with Crippen molar-refractivity contribution in [2.24, 2.45) is 5.92 Å². The Hall–Kier alpha value is -0.0800. The predicted molar refractivity (Wildman–Crippen MR) is 28.5 cm³/mol. The SMILES string of the molecule is OCC1C[C@@H]2O[C@@H]2C1. The highest BCUT2D eigenvalue weighted by Gasteiger charge is 2.47. The number of aliphatic hydroxyl groups is 1. The van der Waals surface area contributed by atoms with Crippen molar-refractivity contribution in [1.82, 2.24) is 0 Å². The quantitative estimate of drug-likeness (QED) is 0.492. The van der Waals surface area contributed by atoms with E-state index in [2.05, 4.69) is 0 Å². The number of aliphatic hydroxyl groups excluding tert-OH is 1. The molecule has 46 valence electrons. The second-order valence-electron chi connectivity index (χ2n) is 2.73. The zero-order chi connectivity index (χ0) is 5.56. The van der Waals surface area contributed by atoms with Gasteiger partial charge in [-0.25, -0.2) is 0 Å². The lowest BCUT2D eigenvalue weighted by Crippen LogP contribution is -2.03. The Morgan fingerprint density at radius 3 is 2.38 bits per heavy atom. The van der Waals surface area contributed by atoms with E-state index < -0.39 is 0 Å². The summed E-state index contributed by atoms with van der Waals surface area (Å²) in [6.45, 7) is 0.358. The number of hydrogen-bond acceptors (Lipinski definition) is 2. The van der Waals surface area contributed by atoms with Crippen molar-refractivity contribution < 1.29 is 9.84 Å². The van der Waals surface area contributed by atoms with E-state index in [-0.39, 0.29) is 0 Å². The van der Waals surface area contributed by atoms with Gasteiger partial charge in [0.05, 0.1) is 12.2 Å². The molecule has 0 bridgehead atoms. The van der Waals surface area contributed by atoms with Crippen LogP contribution in [0.4, 0.5) is 0 Å². The van der Waals surface area contributed by atoms with Gasteiger partial charge in [-0.3, -0.25) is 0 Å². The van der Waals surface area contributed by atoms with Crippen molar-refractivity contribution in [3.8, 4) is 0 Å². The molecule has 1 aliphatic carbocycles. The summed E-state index contributed by atoms with van der Waals surface area (Å²) in [6.07, 6.45) is 3.27. The summed E-state index contributed by atoms with van der Waals surface area (Å²) in [5.74, 6) is 0.554. The maximum atomic E-state index is 8.65. The van der Waals surface area contributed by atoms with Crippen molar-refractivity contribution >= 4 is 0 Å². The topological polar surface area (TPSA) is 32.8 Å². The van der Waals surface area contributed by atoms with Crippen LogP contribution in [0.5, 0.6) is 0 Å². The van der Waals surface area contributed by atoms with Gasteiger partial charge in [-0.1, -0.05) is 0 Å². The van der Waals surface area contributed by atoms with Gasteiger partial charge in [0.1, 0.15) is 0 Å². The Morgan fingerprint density at radius 1 is 1.38 bits per heavy atom. The normalized spacial score (nSPS) is 51.4. The highest BCUT2D eigenvalue weighted by Crippen LogP contribution is 2.41. The van der Waals surface area contributed by atoms with Crippen molar-refractivity contribution in [2.75, 3.05) is 6.61 Å². The van der Waals surface area contributed by atoms with Crippen LogP contribution in [-0.2, 0) is 4.74 Å². The fraction of sp³-hybridized carbons (Fsp3) is 1.00. The molecule has 1 aliphatic heterocycles. The number of epoxide rings is 1. The van der Waals surface area contributed by atoms with Gasteiger partial charge < -0.3 is 9.84 Å². The summed E-state index contributed by atoms with van der Waals surface area (Å²) < 4.78 is 5.17. The minimum atomic E-state index is 0.358. The van der Waals surface area contributed by atoms with E-state index in [1.54, 1.807) is 0 Å². The molecule has 1 saturated carbocycles. The van der Waals surface area contributed by atoms with E-state index in [9.17, 15) is 0 Å². The lowest BCUT2D eigenvalue weighted by molar-refractivity contribution is 0.181. The standard InChI is InChI=1S/C6H10O2/c7-3-4-1-5-6(2-4)8-5/h4-7H,1-3H2/t4?,5-,6+. The number of ether oxygens (including phenoxy) is 1. The first-order valence-electron chi connectivity index (χ1n) is 3.16. The summed E-state index contributed by atoms with van der Waals surface area (Å²) in [7, 11) is 0. The van der Waals surface area contributed by atoms with E-state index in [1.807, 2.05) is 0 Å². The summed E-state index contributed by atoms with van der Waals surface area (Å²) in [5, 5.41) is 8.65. The van der Waals surface area contributed by atoms with Crippen molar-refractivity contribution in [1.29, 1.82) is 0 Å². The van der Waals surface area contributed by atoms with Crippen LogP contribution in [-0.4, -0.2) is 23.9 Å². The molecule has 8 heavy (non-hydrogen) atoms. The fourth-order valence-electron chi connectivity index (χ4n) is 1.50.